The summed E-state index contributed by atoms with van der Waals surface area (Å²) in [7, 11) is 6.24. The lowest BCUT2D eigenvalue weighted by Gasteiger charge is -1.94. The molecule has 0 aliphatic rings. The first-order chi connectivity index (χ1) is 5.25. The van der Waals surface area contributed by atoms with Crippen molar-refractivity contribution in [2.75, 3.05) is 0 Å². The SMILES string of the molecule is O=[N+]([O-])[12c]1[12cH][12cH][12cH][12cH][12c]1SCl. The van der Waals surface area contributed by atoms with E-state index in [0.717, 1.165) is 11.0 Å². The van der Waals surface area contributed by atoms with E-state index >= 15 is 0 Å². The average Bonchev–Trinajstić information content (AvgIpc) is 2.04. The van der Waals surface area contributed by atoms with E-state index in [1.807, 2.05) is 0 Å². The predicted molar refractivity (Wildman–Crippen MR) is 44.8 cm³/mol. The molecule has 0 heterocycles. The minimum Gasteiger partial charge on any atom is -0.258 e. The maximum atomic E-state index is 10.3. The van der Waals surface area contributed by atoms with Crippen LogP contribution in [0, 0.1) is 10.1 Å². The van der Waals surface area contributed by atoms with Crippen LogP contribution in [-0.4, -0.2) is 4.92 Å². The van der Waals surface area contributed by atoms with Crippen molar-refractivity contribution in [1.29, 1.82) is 0 Å². The van der Waals surface area contributed by atoms with Gasteiger partial charge in [-0.2, -0.15) is 0 Å². The van der Waals surface area contributed by atoms with Gasteiger partial charge in [-0.05, 0) is 27.7 Å². The zero-order chi connectivity index (χ0) is 8.27. The number of para-hydroxylation sites is 1. The second-order valence-electron chi connectivity index (χ2n) is 1.80. The van der Waals surface area contributed by atoms with Gasteiger partial charge in [0.05, 0.1) is 4.92 Å². The fourth-order valence-corrected chi connectivity index (χ4v) is 1.42. The molecule has 0 bridgehead atoms. The molecule has 0 fully saturated rings. The molecule has 1 rings (SSSR count). The van der Waals surface area contributed by atoms with Gasteiger partial charge >= 0.3 is 0 Å². The van der Waals surface area contributed by atoms with Gasteiger partial charge in [-0.15, -0.1) is 0 Å². The standard InChI is InChI=1S/C6H4ClNO2S/c7-11-6-4-2-1-3-5(6)8(9)10/h1-4H/i1+0,2+0,3+0,4+0,5+0,6+0. The van der Waals surface area contributed by atoms with Gasteiger partial charge in [0.15, 0.2) is 0 Å². The summed E-state index contributed by atoms with van der Waals surface area (Å²) >= 11 is 0. The Morgan fingerprint density at radius 3 is 2.55 bits per heavy atom. The molecule has 0 unspecified atom stereocenters. The van der Waals surface area contributed by atoms with Gasteiger partial charge in [-0.1, -0.05) is 12.1 Å². The second-order valence-corrected chi connectivity index (χ2v) is 2.86. The topological polar surface area (TPSA) is 43.1 Å². The molecule has 0 saturated carbocycles. The highest BCUT2D eigenvalue weighted by molar-refractivity contribution is 8.21. The Kier molecular flexibility index (Phi) is 2.73. The van der Waals surface area contributed by atoms with Crippen LogP contribution < -0.4 is 0 Å². The van der Waals surface area contributed by atoms with Crippen molar-refractivity contribution >= 4 is 27.3 Å². The van der Waals surface area contributed by atoms with E-state index < -0.39 is 4.92 Å². The van der Waals surface area contributed by atoms with Crippen LogP contribution in [0.1, 0.15) is 0 Å². The molecule has 0 N–H and O–H groups in total. The smallest absolute Gasteiger partial charge is 0.258 e. The highest BCUT2D eigenvalue weighted by atomic mass is 35.7. The van der Waals surface area contributed by atoms with Crippen molar-refractivity contribution < 1.29 is 4.92 Å². The number of nitro groups is 1. The van der Waals surface area contributed by atoms with Crippen LogP contribution >= 0.6 is 21.7 Å². The first-order valence-corrected chi connectivity index (χ1v) is 4.42. The predicted octanol–water partition coefficient (Wildman–Crippen LogP) is 2.84. The molecule has 1 aromatic rings. The summed E-state index contributed by atoms with van der Waals surface area (Å²) < 4.78 is 0. The van der Waals surface area contributed by atoms with E-state index in [9.17, 15) is 10.1 Å². The maximum Gasteiger partial charge on any atom is 0.284 e. The number of rotatable bonds is 2. The van der Waals surface area contributed by atoms with Crippen molar-refractivity contribution in [3.8, 4) is 0 Å². The minimum atomic E-state index is -0.454. The van der Waals surface area contributed by atoms with Crippen LogP contribution in [-0.2, 0) is 0 Å². The fraction of sp³-hybridized carbons (Fsp3) is 0. The highest BCUT2D eigenvalue weighted by Gasteiger charge is 2.10. The Labute approximate surface area is 72.0 Å². The normalized spacial score (nSPS) is 9.55. The third-order valence-corrected chi connectivity index (χ3v) is 2.16. The molecule has 0 spiro atoms. The molecule has 0 aromatic heterocycles. The van der Waals surface area contributed by atoms with Crippen LogP contribution in [0.4, 0.5) is 5.69 Å². The van der Waals surface area contributed by atoms with E-state index in [2.05, 4.69) is 0 Å². The third kappa shape index (κ3) is 1.85. The summed E-state index contributed by atoms with van der Waals surface area (Å²) in [6, 6.07) is 6.34. The van der Waals surface area contributed by atoms with Crippen LogP contribution in [0.2, 0.25) is 0 Å². The Bertz CT molecular complexity index is 279. The number of halogens is 1. The fourth-order valence-electron chi connectivity index (χ4n) is 0.673. The molecule has 3 nitrogen and oxygen atoms in total. The van der Waals surface area contributed by atoms with Gasteiger partial charge in [-0.25, -0.2) is 0 Å². The number of hydrogen-bond donors (Lipinski definition) is 0. The summed E-state index contributed by atoms with van der Waals surface area (Å²) in [6.45, 7) is 0. The molecular weight excluding hydrogens is 186 g/mol. The zero-order valence-electron chi connectivity index (χ0n) is 5.36. The molecule has 11 heavy (non-hydrogen) atoms. The quantitative estimate of drug-likeness (QED) is 0.531. The van der Waals surface area contributed by atoms with Crippen molar-refractivity contribution in [3.05, 3.63) is 34.4 Å². The molecule has 0 aliphatic heterocycles. The molecule has 1 aromatic carbocycles. The summed E-state index contributed by atoms with van der Waals surface area (Å²) in [5.74, 6) is 0. The Morgan fingerprint density at radius 1 is 1.45 bits per heavy atom. The van der Waals surface area contributed by atoms with Gasteiger partial charge in [0.2, 0.25) is 0 Å². The molecule has 0 radical (unpaired) electrons. The molecule has 5 heteroatoms. The lowest BCUT2D eigenvalue weighted by atomic mass is 10.3. The summed E-state index contributed by atoms with van der Waals surface area (Å²) in [5.41, 5.74) is 0.0486. The van der Waals surface area contributed by atoms with Crippen LogP contribution in [0.25, 0.3) is 0 Å². The van der Waals surface area contributed by atoms with Crippen molar-refractivity contribution in [2.45, 2.75) is 4.90 Å². The first kappa shape index (κ1) is 8.36. The van der Waals surface area contributed by atoms with Crippen LogP contribution in [0.15, 0.2) is 29.2 Å². The van der Waals surface area contributed by atoms with Gasteiger partial charge in [0.25, 0.3) is 5.69 Å². The van der Waals surface area contributed by atoms with Gasteiger partial charge in [0, 0.05) is 6.07 Å². The summed E-state index contributed by atoms with van der Waals surface area (Å²) in [6.07, 6.45) is 0. The van der Waals surface area contributed by atoms with Crippen molar-refractivity contribution in [2.24, 2.45) is 0 Å². The van der Waals surface area contributed by atoms with Crippen molar-refractivity contribution in [3.63, 3.8) is 0 Å². The summed E-state index contributed by atoms with van der Waals surface area (Å²) in [4.78, 5) is 10.3. The van der Waals surface area contributed by atoms with E-state index in [4.69, 9.17) is 10.7 Å². The first-order valence-electron chi connectivity index (χ1n) is 2.77. The highest BCUT2D eigenvalue weighted by Crippen LogP contribution is 2.30. The second kappa shape index (κ2) is 3.59. The molecule has 0 atom stereocenters. The lowest BCUT2D eigenvalue weighted by molar-refractivity contribution is -0.387. The number of hydrogen-bond acceptors (Lipinski definition) is 3. The monoisotopic (exact) mass is 189 g/mol. The van der Waals surface area contributed by atoms with Gasteiger partial charge in [0.1, 0.15) is 4.90 Å². The van der Waals surface area contributed by atoms with E-state index in [1.165, 1.54) is 6.07 Å². The molecule has 0 aliphatic carbocycles. The lowest BCUT2D eigenvalue weighted by Crippen LogP contribution is -1.88. The largest absolute Gasteiger partial charge is 0.284 e. The van der Waals surface area contributed by atoms with E-state index in [0.29, 0.717) is 4.90 Å². The molecule has 0 saturated heterocycles. The number of nitro benzene ring substituents is 1. The van der Waals surface area contributed by atoms with Gasteiger partial charge < -0.3 is 0 Å². The Balaban J connectivity index is 3.12. The molecule has 58 valence electrons. The van der Waals surface area contributed by atoms with E-state index in [1.54, 1.807) is 18.2 Å². The Morgan fingerprint density at radius 2 is 2.09 bits per heavy atom. The van der Waals surface area contributed by atoms with E-state index in [-0.39, 0.29) is 5.69 Å². The Hall–Kier alpha value is -0.740. The zero-order valence-corrected chi connectivity index (χ0v) is 6.93. The number of nitrogens with zero attached hydrogens (tertiary/aromatic N) is 1. The van der Waals surface area contributed by atoms with Crippen LogP contribution in [0.5, 0.6) is 0 Å². The summed E-state index contributed by atoms with van der Waals surface area (Å²) in [5, 5.41) is 10.3. The van der Waals surface area contributed by atoms with Gasteiger partial charge in [-0.3, -0.25) is 10.1 Å². The average molecular weight is 190 g/mol. The molecule has 0 amide bonds. The maximum absolute atomic E-state index is 10.3. The minimum absolute atomic E-state index is 0.0486. The molecular formula is C6H4ClNO2S. The van der Waals surface area contributed by atoms with Crippen molar-refractivity contribution in [1.82, 2.24) is 0 Å². The van der Waals surface area contributed by atoms with Crippen LogP contribution in [0.3, 0.4) is 0 Å². The number of benzene rings is 1. The third-order valence-electron chi connectivity index (χ3n) is 1.15.